The number of esters is 1. The van der Waals surface area contributed by atoms with Gasteiger partial charge in [-0.2, -0.15) is 0 Å². The highest BCUT2D eigenvalue weighted by molar-refractivity contribution is 9.10. The van der Waals surface area contributed by atoms with Crippen LogP contribution in [0.5, 0.6) is 0 Å². The van der Waals surface area contributed by atoms with Gasteiger partial charge in [0.1, 0.15) is 17.2 Å². The largest absolute Gasteiger partial charge is 0.459 e. The molecule has 88 valence electrons. The molecule has 0 saturated heterocycles. The van der Waals surface area contributed by atoms with Gasteiger partial charge in [-0.25, -0.2) is 13.6 Å². The molecule has 1 rings (SSSR count). The molecule has 1 aromatic rings. The van der Waals surface area contributed by atoms with E-state index in [0.717, 1.165) is 0 Å². The van der Waals surface area contributed by atoms with Crippen molar-refractivity contribution in [3.05, 3.63) is 27.7 Å². The number of carbonyl (C=O) groups is 1. The number of rotatable bonds is 2. The second-order valence-corrected chi connectivity index (χ2v) is 4.19. The summed E-state index contributed by atoms with van der Waals surface area (Å²) in [7, 11) is 0. The number of hydrogen-bond acceptors (Lipinski definition) is 3. The van der Waals surface area contributed by atoms with Crippen LogP contribution in [0.4, 0.5) is 14.5 Å². The van der Waals surface area contributed by atoms with Crippen LogP contribution in [-0.4, -0.2) is 12.1 Å². The first-order chi connectivity index (χ1) is 7.34. The highest BCUT2D eigenvalue weighted by Crippen LogP contribution is 2.29. The fourth-order valence-corrected chi connectivity index (χ4v) is 1.57. The molecule has 0 aromatic heterocycles. The van der Waals surface area contributed by atoms with E-state index in [4.69, 9.17) is 10.5 Å². The van der Waals surface area contributed by atoms with Gasteiger partial charge >= 0.3 is 5.97 Å². The quantitative estimate of drug-likeness (QED) is 0.518. The predicted molar refractivity (Wildman–Crippen MR) is 59.0 cm³/mol. The molecule has 0 bridgehead atoms. The molecular formula is C10H10BrF2NO2. The Balaban J connectivity index is 3.27. The monoisotopic (exact) mass is 293 g/mol. The number of nitrogens with two attached hydrogens (primary N) is 1. The Labute approximate surface area is 99.7 Å². The Morgan fingerprint density at radius 1 is 1.44 bits per heavy atom. The van der Waals surface area contributed by atoms with Gasteiger partial charge in [0, 0.05) is 6.07 Å². The lowest BCUT2D eigenvalue weighted by atomic mass is 10.1. The molecule has 0 fully saturated rings. The van der Waals surface area contributed by atoms with E-state index in [1.165, 1.54) is 0 Å². The zero-order valence-corrected chi connectivity index (χ0v) is 10.3. The second-order valence-electron chi connectivity index (χ2n) is 3.40. The summed E-state index contributed by atoms with van der Waals surface area (Å²) in [5.74, 6) is -2.75. The summed E-state index contributed by atoms with van der Waals surface area (Å²) in [6.07, 6.45) is -0.398. The first-order valence-electron chi connectivity index (χ1n) is 4.48. The zero-order chi connectivity index (χ0) is 12.5. The number of hydrogen-bond donors (Lipinski definition) is 1. The van der Waals surface area contributed by atoms with E-state index in [2.05, 4.69) is 15.9 Å². The van der Waals surface area contributed by atoms with Crippen LogP contribution in [0.25, 0.3) is 0 Å². The van der Waals surface area contributed by atoms with Gasteiger partial charge in [-0.1, -0.05) is 0 Å². The van der Waals surface area contributed by atoms with Crippen LogP contribution in [0.3, 0.4) is 0 Å². The van der Waals surface area contributed by atoms with Gasteiger partial charge in [-0.05, 0) is 29.8 Å². The maximum Gasteiger partial charge on any atom is 0.341 e. The van der Waals surface area contributed by atoms with Gasteiger partial charge in [-0.15, -0.1) is 0 Å². The smallest absolute Gasteiger partial charge is 0.341 e. The molecule has 0 aliphatic carbocycles. The molecule has 0 radical (unpaired) electrons. The number of nitrogen functional groups attached to an aromatic ring is 1. The maximum atomic E-state index is 13.2. The first-order valence-corrected chi connectivity index (χ1v) is 5.27. The third-order valence-corrected chi connectivity index (χ3v) is 2.53. The summed E-state index contributed by atoms with van der Waals surface area (Å²) in [6.45, 7) is 3.25. The van der Waals surface area contributed by atoms with Crippen molar-refractivity contribution in [3.8, 4) is 0 Å². The van der Waals surface area contributed by atoms with Gasteiger partial charge in [0.15, 0.2) is 0 Å². The van der Waals surface area contributed by atoms with Crippen molar-refractivity contribution in [3.63, 3.8) is 0 Å². The molecular weight excluding hydrogens is 284 g/mol. The molecule has 0 aliphatic rings. The van der Waals surface area contributed by atoms with Crippen molar-refractivity contribution in [2.45, 2.75) is 20.0 Å². The summed E-state index contributed by atoms with van der Waals surface area (Å²) in [6, 6.07) is 0.603. The van der Waals surface area contributed by atoms with Crippen molar-refractivity contribution in [1.82, 2.24) is 0 Å². The second kappa shape index (κ2) is 4.78. The van der Waals surface area contributed by atoms with E-state index in [-0.39, 0.29) is 10.0 Å². The summed E-state index contributed by atoms with van der Waals surface area (Å²) in [5.41, 5.74) is 4.60. The van der Waals surface area contributed by atoms with Gasteiger partial charge in [0.2, 0.25) is 0 Å². The Morgan fingerprint density at radius 3 is 2.50 bits per heavy atom. The topological polar surface area (TPSA) is 52.3 Å². The van der Waals surface area contributed by atoms with E-state index in [1.807, 2.05) is 0 Å². The number of anilines is 1. The molecule has 3 nitrogen and oxygen atoms in total. The Kier molecular flexibility index (Phi) is 3.85. The average Bonchev–Trinajstić information content (AvgIpc) is 2.14. The fraction of sp³-hybridized carbons (Fsp3) is 0.300. The molecule has 0 heterocycles. The molecule has 0 saturated carbocycles. The standard InChI is InChI=1S/C10H10BrF2NO2/c1-4(2)16-10(15)7-8(11)5(12)3-6(13)9(7)14/h3-4H,14H2,1-2H3. The lowest BCUT2D eigenvalue weighted by Crippen LogP contribution is -2.15. The van der Waals surface area contributed by atoms with E-state index < -0.39 is 29.4 Å². The molecule has 6 heteroatoms. The summed E-state index contributed by atoms with van der Waals surface area (Å²) < 4.78 is 30.9. The van der Waals surface area contributed by atoms with Crippen LogP contribution in [0.2, 0.25) is 0 Å². The number of ether oxygens (including phenoxy) is 1. The molecule has 0 unspecified atom stereocenters. The van der Waals surface area contributed by atoms with E-state index >= 15 is 0 Å². The van der Waals surface area contributed by atoms with Gasteiger partial charge in [-0.3, -0.25) is 0 Å². The minimum absolute atomic E-state index is 0.197. The van der Waals surface area contributed by atoms with E-state index in [0.29, 0.717) is 6.07 Å². The normalized spacial score (nSPS) is 10.6. The highest BCUT2D eigenvalue weighted by Gasteiger charge is 2.22. The molecule has 0 spiro atoms. The van der Waals surface area contributed by atoms with E-state index in [9.17, 15) is 13.6 Å². The van der Waals surface area contributed by atoms with Crippen LogP contribution >= 0.6 is 15.9 Å². The van der Waals surface area contributed by atoms with Crippen LogP contribution in [0.1, 0.15) is 24.2 Å². The van der Waals surface area contributed by atoms with Crippen molar-refractivity contribution < 1.29 is 18.3 Å². The number of carbonyl (C=O) groups excluding carboxylic acids is 1. The molecule has 2 N–H and O–H groups in total. The summed E-state index contributed by atoms with van der Waals surface area (Å²) >= 11 is 2.83. The van der Waals surface area contributed by atoms with Crippen molar-refractivity contribution in [2.75, 3.05) is 5.73 Å². The Hall–Kier alpha value is -1.17. The van der Waals surface area contributed by atoms with Gasteiger partial charge in [0.05, 0.1) is 16.3 Å². The zero-order valence-electron chi connectivity index (χ0n) is 8.68. The highest BCUT2D eigenvalue weighted by atomic mass is 79.9. The first kappa shape index (κ1) is 12.9. The third-order valence-electron chi connectivity index (χ3n) is 1.76. The predicted octanol–water partition coefficient (Wildman–Crippen LogP) is 2.87. The summed E-state index contributed by atoms with van der Waals surface area (Å²) in [5, 5.41) is 0. The van der Waals surface area contributed by atoms with Crippen molar-refractivity contribution >= 4 is 27.6 Å². The van der Waals surface area contributed by atoms with Crippen LogP contribution in [-0.2, 0) is 4.74 Å². The molecule has 0 amide bonds. The molecule has 16 heavy (non-hydrogen) atoms. The minimum atomic E-state index is -0.989. The van der Waals surface area contributed by atoms with Crippen LogP contribution < -0.4 is 5.73 Å². The average molecular weight is 294 g/mol. The van der Waals surface area contributed by atoms with Crippen LogP contribution in [0.15, 0.2) is 10.5 Å². The summed E-state index contributed by atoms with van der Waals surface area (Å²) in [4.78, 5) is 11.5. The Bertz CT molecular complexity index is 409. The molecule has 0 atom stereocenters. The lowest BCUT2D eigenvalue weighted by Gasteiger charge is -2.12. The third kappa shape index (κ3) is 2.49. The minimum Gasteiger partial charge on any atom is -0.459 e. The number of benzene rings is 1. The molecule has 0 aliphatic heterocycles. The van der Waals surface area contributed by atoms with Gasteiger partial charge < -0.3 is 10.5 Å². The van der Waals surface area contributed by atoms with Crippen LogP contribution in [0, 0.1) is 11.6 Å². The SMILES string of the molecule is CC(C)OC(=O)c1c(N)c(F)cc(F)c1Br. The maximum absolute atomic E-state index is 13.2. The fourth-order valence-electron chi connectivity index (χ4n) is 1.08. The van der Waals surface area contributed by atoms with Crippen molar-refractivity contribution in [2.24, 2.45) is 0 Å². The van der Waals surface area contributed by atoms with Gasteiger partial charge in [0.25, 0.3) is 0 Å². The number of halogens is 3. The Morgan fingerprint density at radius 2 is 2.00 bits per heavy atom. The molecule has 1 aromatic carbocycles. The van der Waals surface area contributed by atoms with E-state index in [1.54, 1.807) is 13.8 Å². The van der Waals surface area contributed by atoms with Crippen molar-refractivity contribution in [1.29, 1.82) is 0 Å². The lowest BCUT2D eigenvalue weighted by molar-refractivity contribution is 0.0377.